The number of amides is 2. The summed E-state index contributed by atoms with van der Waals surface area (Å²) in [6.07, 6.45) is 3.60. The second kappa shape index (κ2) is 10.6. The van der Waals surface area contributed by atoms with Crippen LogP contribution in [0.5, 0.6) is 5.75 Å². The van der Waals surface area contributed by atoms with Gasteiger partial charge in [0.2, 0.25) is 0 Å². The molecule has 0 saturated heterocycles. The number of nitrogens with zero attached hydrogens (tertiary/aromatic N) is 4. The quantitative estimate of drug-likeness (QED) is 0.244. The van der Waals surface area contributed by atoms with Gasteiger partial charge in [-0.25, -0.2) is 4.68 Å². The molecule has 4 aromatic rings. The number of rotatable bonds is 6. The predicted molar refractivity (Wildman–Crippen MR) is 149 cm³/mol. The lowest BCUT2D eigenvalue weighted by Crippen LogP contribution is -2.39. The van der Waals surface area contributed by atoms with Crippen LogP contribution in [0.2, 0.25) is 0 Å². The highest BCUT2D eigenvalue weighted by Gasteiger charge is 2.36. The molecule has 0 aliphatic carbocycles. The van der Waals surface area contributed by atoms with Gasteiger partial charge in [0.1, 0.15) is 17.4 Å². The summed E-state index contributed by atoms with van der Waals surface area (Å²) in [6.45, 7) is 3.94. The van der Waals surface area contributed by atoms with Crippen LogP contribution in [-0.4, -0.2) is 39.6 Å². The molecule has 1 aromatic heterocycles. The summed E-state index contributed by atoms with van der Waals surface area (Å²) < 4.78 is 7.55. The van der Waals surface area contributed by atoms with Crippen molar-refractivity contribution < 1.29 is 14.3 Å². The van der Waals surface area contributed by atoms with Crippen molar-refractivity contribution in [2.45, 2.75) is 20.0 Å². The van der Waals surface area contributed by atoms with E-state index in [1.165, 1.54) is 7.05 Å². The maximum atomic E-state index is 13.5. The molecule has 0 radical (unpaired) electrons. The third kappa shape index (κ3) is 5.00. The maximum absolute atomic E-state index is 13.5. The van der Waals surface area contributed by atoms with Crippen LogP contribution in [0, 0.1) is 11.3 Å². The SMILES string of the molecule is CC(C)Oc1ccc(-c2nn(-c3ccccc3)cc2/C=C2\C(=O)N(C)C(=O)C(C#N)=C2c2ccccc2)cc1. The Hall–Kier alpha value is -5.22. The summed E-state index contributed by atoms with van der Waals surface area (Å²) in [7, 11) is 1.39. The zero-order valence-corrected chi connectivity index (χ0v) is 21.8. The van der Waals surface area contributed by atoms with Gasteiger partial charge in [0.05, 0.1) is 23.1 Å². The summed E-state index contributed by atoms with van der Waals surface area (Å²) in [5.74, 6) is -0.372. The largest absolute Gasteiger partial charge is 0.491 e. The topological polar surface area (TPSA) is 88.2 Å². The molecule has 0 N–H and O–H groups in total. The lowest BCUT2D eigenvalue weighted by Gasteiger charge is -2.25. The molecule has 7 heteroatoms. The molecule has 39 heavy (non-hydrogen) atoms. The van der Waals surface area contributed by atoms with Gasteiger partial charge < -0.3 is 4.74 Å². The molecule has 0 fully saturated rings. The fourth-order valence-corrected chi connectivity index (χ4v) is 4.48. The zero-order chi connectivity index (χ0) is 27.5. The zero-order valence-electron chi connectivity index (χ0n) is 21.8. The number of imide groups is 1. The normalized spacial score (nSPS) is 14.7. The lowest BCUT2D eigenvalue weighted by atomic mass is 9.87. The third-order valence-corrected chi connectivity index (χ3v) is 6.31. The highest BCUT2D eigenvalue weighted by molar-refractivity contribution is 6.28. The molecule has 2 amide bonds. The maximum Gasteiger partial charge on any atom is 0.271 e. The summed E-state index contributed by atoms with van der Waals surface area (Å²) >= 11 is 0. The molecule has 2 heterocycles. The van der Waals surface area contributed by atoms with Gasteiger partial charge >= 0.3 is 0 Å². The van der Waals surface area contributed by atoms with E-state index in [2.05, 4.69) is 0 Å². The van der Waals surface area contributed by atoms with Crippen LogP contribution in [0.25, 0.3) is 28.6 Å². The molecule has 1 aliphatic rings. The number of carbonyl (C=O) groups is 2. The van der Waals surface area contributed by atoms with Crippen LogP contribution in [0.3, 0.4) is 0 Å². The van der Waals surface area contributed by atoms with Crippen LogP contribution in [0.15, 0.2) is 102 Å². The number of aromatic nitrogens is 2. The van der Waals surface area contributed by atoms with Crippen LogP contribution < -0.4 is 4.74 Å². The first-order valence-electron chi connectivity index (χ1n) is 12.5. The fourth-order valence-electron chi connectivity index (χ4n) is 4.48. The van der Waals surface area contributed by atoms with Crippen molar-refractivity contribution in [3.05, 3.63) is 113 Å². The van der Waals surface area contributed by atoms with E-state index >= 15 is 0 Å². The minimum Gasteiger partial charge on any atom is -0.491 e. The van der Waals surface area contributed by atoms with E-state index in [9.17, 15) is 14.9 Å². The molecular weight excluding hydrogens is 488 g/mol. The van der Waals surface area contributed by atoms with Crippen molar-refractivity contribution in [1.82, 2.24) is 14.7 Å². The molecular formula is C32H26N4O3. The van der Waals surface area contributed by atoms with E-state index in [1.807, 2.05) is 98.9 Å². The second-order valence-electron chi connectivity index (χ2n) is 9.36. The smallest absolute Gasteiger partial charge is 0.271 e. The first kappa shape index (κ1) is 25.4. The van der Waals surface area contributed by atoms with E-state index in [1.54, 1.807) is 22.9 Å². The minimum absolute atomic E-state index is 0.0444. The van der Waals surface area contributed by atoms with E-state index < -0.39 is 11.8 Å². The number of ether oxygens (including phenoxy) is 1. The predicted octanol–water partition coefficient (Wildman–Crippen LogP) is 5.69. The monoisotopic (exact) mass is 514 g/mol. The van der Waals surface area contributed by atoms with E-state index in [0.717, 1.165) is 21.9 Å². The van der Waals surface area contributed by atoms with Gasteiger partial charge in [-0.05, 0) is 61.9 Å². The Morgan fingerprint density at radius 1 is 0.872 bits per heavy atom. The van der Waals surface area contributed by atoms with Gasteiger partial charge in [-0.15, -0.1) is 0 Å². The van der Waals surface area contributed by atoms with Gasteiger partial charge in [-0.1, -0.05) is 48.5 Å². The molecule has 1 aliphatic heterocycles. The number of hydrogen-bond acceptors (Lipinski definition) is 5. The van der Waals surface area contributed by atoms with Crippen molar-refractivity contribution >= 4 is 23.5 Å². The van der Waals surface area contributed by atoms with Crippen molar-refractivity contribution in [3.8, 4) is 28.8 Å². The number of hydrogen-bond donors (Lipinski definition) is 0. The van der Waals surface area contributed by atoms with Crippen molar-refractivity contribution in [2.75, 3.05) is 7.05 Å². The highest BCUT2D eigenvalue weighted by Crippen LogP contribution is 2.36. The van der Waals surface area contributed by atoms with Crippen LogP contribution in [0.1, 0.15) is 25.0 Å². The number of benzene rings is 3. The molecule has 0 spiro atoms. The van der Waals surface area contributed by atoms with Gasteiger partial charge in [-0.2, -0.15) is 10.4 Å². The van der Waals surface area contributed by atoms with Gasteiger partial charge in [0.15, 0.2) is 0 Å². The Labute approximate surface area is 226 Å². The number of likely N-dealkylation sites (N-methyl/N-ethyl adjacent to an activating group) is 1. The molecule has 5 rings (SSSR count). The molecule has 7 nitrogen and oxygen atoms in total. The molecule has 192 valence electrons. The van der Waals surface area contributed by atoms with E-state index in [4.69, 9.17) is 9.84 Å². The molecule has 0 unspecified atom stereocenters. The molecule has 3 aromatic carbocycles. The third-order valence-electron chi connectivity index (χ3n) is 6.31. The highest BCUT2D eigenvalue weighted by atomic mass is 16.5. The Balaban J connectivity index is 1.72. The Kier molecular flexibility index (Phi) is 6.94. The van der Waals surface area contributed by atoms with Crippen LogP contribution >= 0.6 is 0 Å². The Morgan fingerprint density at radius 2 is 1.51 bits per heavy atom. The van der Waals surface area contributed by atoms with Gasteiger partial charge in [0.25, 0.3) is 11.8 Å². The molecule has 0 saturated carbocycles. The van der Waals surface area contributed by atoms with Crippen LogP contribution in [0.4, 0.5) is 0 Å². The fraction of sp³-hybridized carbons (Fsp3) is 0.125. The Morgan fingerprint density at radius 3 is 2.13 bits per heavy atom. The molecule has 0 bridgehead atoms. The Bertz CT molecular complexity index is 1640. The average molecular weight is 515 g/mol. The number of carbonyl (C=O) groups excluding carboxylic acids is 2. The van der Waals surface area contributed by atoms with Crippen molar-refractivity contribution in [3.63, 3.8) is 0 Å². The summed E-state index contributed by atoms with van der Waals surface area (Å²) in [5, 5.41) is 14.8. The number of nitriles is 1. The van der Waals surface area contributed by atoms with Gasteiger partial charge in [0, 0.05) is 29.9 Å². The van der Waals surface area contributed by atoms with E-state index in [-0.39, 0.29) is 17.3 Å². The second-order valence-corrected chi connectivity index (χ2v) is 9.36. The van der Waals surface area contributed by atoms with E-state index in [0.29, 0.717) is 22.4 Å². The lowest BCUT2D eigenvalue weighted by molar-refractivity contribution is -0.138. The minimum atomic E-state index is -0.626. The first-order chi connectivity index (χ1) is 18.9. The average Bonchev–Trinajstić information content (AvgIpc) is 3.38. The first-order valence-corrected chi connectivity index (χ1v) is 12.5. The molecule has 0 atom stereocenters. The summed E-state index contributed by atoms with van der Waals surface area (Å²) in [5.41, 5.74) is 4.06. The van der Waals surface area contributed by atoms with Crippen molar-refractivity contribution in [1.29, 1.82) is 5.26 Å². The van der Waals surface area contributed by atoms with Crippen LogP contribution in [-0.2, 0) is 9.59 Å². The summed E-state index contributed by atoms with van der Waals surface area (Å²) in [4.78, 5) is 27.4. The van der Waals surface area contributed by atoms with Gasteiger partial charge in [-0.3, -0.25) is 14.5 Å². The summed E-state index contributed by atoms with van der Waals surface area (Å²) in [6, 6.07) is 28.3. The number of para-hydroxylation sites is 1. The van der Waals surface area contributed by atoms with Crippen molar-refractivity contribution in [2.24, 2.45) is 0 Å². The standard InChI is InChI=1S/C32H26N4O3/c1-21(2)39-26-16-14-23(15-17-26)30-24(20-36(34-30)25-12-8-5-9-13-25)18-27-29(22-10-6-4-7-11-22)28(19-33)32(38)35(3)31(27)37/h4-18,20-21H,1-3H3/b27-18-.